The molecule has 0 aliphatic rings. The van der Waals surface area contributed by atoms with E-state index in [2.05, 4.69) is 152 Å². The second-order valence-electron chi connectivity index (χ2n) is 11.0. The third-order valence-electron chi connectivity index (χ3n) is 8.63. The SMILES string of the molecule is Cc1cccc(P(c2ccccc2P(c2cccc(C)c2C)c2cccc(C)c2C)c2cccc(C)c2C)c1C. The Bertz CT molecular complexity index is 1470. The Hall–Kier alpha value is -3.04. The van der Waals surface area contributed by atoms with Crippen molar-refractivity contribution in [1.82, 2.24) is 0 Å². The van der Waals surface area contributed by atoms with Gasteiger partial charge in [-0.05, 0) is 148 Å². The summed E-state index contributed by atoms with van der Waals surface area (Å²) >= 11 is 0. The zero-order valence-electron chi connectivity index (χ0n) is 25.1. The molecule has 5 aromatic carbocycles. The number of hydrogen-bond acceptors (Lipinski definition) is 0. The topological polar surface area (TPSA) is 0 Å². The van der Waals surface area contributed by atoms with Crippen molar-refractivity contribution < 1.29 is 0 Å². The molecule has 0 N–H and O–H groups in total. The summed E-state index contributed by atoms with van der Waals surface area (Å²) in [4.78, 5) is 0. The van der Waals surface area contributed by atoms with Crippen LogP contribution in [0.15, 0.2) is 97.1 Å². The fourth-order valence-corrected chi connectivity index (χ4v) is 11.8. The van der Waals surface area contributed by atoms with E-state index >= 15 is 0 Å². The number of hydrogen-bond donors (Lipinski definition) is 0. The van der Waals surface area contributed by atoms with Gasteiger partial charge in [0, 0.05) is 0 Å². The van der Waals surface area contributed by atoms with Gasteiger partial charge in [0.15, 0.2) is 0 Å². The van der Waals surface area contributed by atoms with Gasteiger partial charge >= 0.3 is 0 Å². The summed E-state index contributed by atoms with van der Waals surface area (Å²) in [7, 11) is -1.54. The highest BCUT2D eigenvalue weighted by molar-refractivity contribution is 7.85. The van der Waals surface area contributed by atoms with Crippen LogP contribution < -0.4 is 31.8 Å². The van der Waals surface area contributed by atoms with Crippen molar-refractivity contribution in [3.05, 3.63) is 142 Å². The predicted octanol–water partition coefficient (Wildman–Crippen LogP) is 7.67. The van der Waals surface area contributed by atoms with Crippen molar-refractivity contribution in [2.24, 2.45) is 0 Å². The number of rotatable bonds is 6. The molecule has 5 rings (SSSR count). The van der Waals surface area contributed by atoms with Crippen LogP contribution in [0.1, 0.15) is 44.5 Å². The standard InChI is InChI=1S/C38H40P2/c1-25-15-11-21-33(29(25)5)39(34-22-12-16-26(2)30(34)6)37-19-9-10-20-38(37)40(35-23-13-17-27(3)31(35)7)36-24-14-18-28(4)32(36)8/h9-24H,1-8H3. The molecule has 0 fully saturated rings. The van der Waals surface area contributed by atoms with Crippen LogP contribution in [0, 0.1) is 55.4 Å². The lowest BCUT2D eigenvalue weighted by atomic mass is 10.1. The van der Waals surface area contributed by atoms with Gasteiger partial charge in [0.2, 0.25) is 0 Å². The van der Waals surface area contributed by atoms with Crippen LogP contribution >= 0.6 is 15.8 Å². The largest absolute Gasteiger partial charge is 0.0616 e. The minimum atomic E-state index is -0.772. The number of benzene rings is 5. The Morgan fingerprint density at radius 1 is 0.275 bits per heavy atom. The second-order valence-corrected chi connectivity index (χ2v) is 15.3. The van der Waals surface area contributed by atoms with E-state index in [-0.39, 0.29) is 0 Å². The molecule has 0 bridgehead atoms. The van der Waals surface area contributed by atoms with Gasteiger partial charge in [-0.1, -0.05) is 97.1 Å². The minimum absolute atomic E-state index is 0.772. The average Bonchev–Trinajstić information content (AvgIpc) is 2.94. The van der Waals surface area contributed by atoms with Gasteiger partial charge in [0.25, 0.3) is 0 Å². The Balaban J connectivity index is 1.88. The van der Waals surface area contributed by atoms with E-state index < -0.39 is 15.8 Å². The average molecular weight is 559 g/mol. The number of aryl methyl sites for hydroxylation is 4. The van der Waals surface area contributed by atoms with Crippen molar-refractivity contribution in [3.63, 3.8) is 0 Å². The van der Waals surface area contributed by atoms with E-state index in [4.69, 9.17) is 0 Å². The highest BCUT2D eigenvalue weighted by Gasteiger charge is 2.29. The Labute approximate surface area is 244 Å². The summed E-state index contributed by atoms with van der Waals surface area (Å²) < 4.78 is 0. The van der Waals surface area contributed by atoms with Crippen LogP contribution in [0.3, 0.4) is 0 Å². The van der Waals surface area contributed by atoms with Gasteiger partial charge < -0.3 is 0 Å². The zero-order chi connectivity index (χ0) is 28.6. The lowest BCUT2D eigenvalue weighted by Crippen LogP contribution is -2.36. The molecule has 0 nitrogen and oxygen atoms in total. The summed E-state index contributed by atoms with van der Waals surface area (Å²) in [6.07, 6.45) is 0. The van der Waals surface area contributed by atoms with Crippen LogP contribution in [-0.2, 0) is 0 Å². The molecule has 0 saturated heterocycles. The van der Waals surface area contributed by atoms with E-state index in [0.29, 0.717) is 0 Å². The molecule has 202 valence electrons. The third kappa shape index (κ3) is 5.21. The van der Waals surface area contributed by atoms with Gasteiger partial charge in [0.05, 0.1) is 0 Å². The van der Waals surface area contributed by atoms with E-state index in [9.17, 15) is 0 Å². The second kappa shape index (κ2) is 11.8. The maximum absolute atomic E-state index is 2.43. The molecular formula is C38H40P2. The van der Waals surface area contributed by atoms with Crippen molar-refractivity contribution >= 4 is 47.7 Å². The first-order chi connectivity index (χ1) is 19.2. The van der Waals surface area contributed by atoms with Gasteiger partial charge in [-0.3, -0.25) is 0 Å². The Kier molecular flexibility index (Phi) is 8.42. The first-order valence-corrected chi connectivity index (χ1v) is 16.8. The van der Waals surface area contributed by atoms with Crippen molar-refractivity contribution in [2.45, 2.75) is 55.4 Å². The lowest BCUT2D eigenvalue weighted by Gasteiger charge is -2.31. The summed E-state index contributed by atoms with van der Waals surface area (Å²) in [6.45, 7) is 18.2. The van der Waals surface area contributed by atoms with Crippen molar-refractivity contribution in [3.8, 4) is 0 Å². The van der Waals surface area contributed by atoms with Gasteiger partial charge in [-0.15, -0.1) is 0 Å². The van der Waals surface area contributed by atoms with Gasteiger partial charge in [-0.25, -0.2) is 0 Å². The summed E-state index contributed by atoms with van der Waals surface area (Å²) in [5.41, 5.74) is 11.1. The highest BCUT2D eigenvalue weighted by Crippen LogP contribution is 2.42. The smallest absolute Gasteiger partial charge is 0.00674 e. The molecule has 0 aromatic heterocycles. The molecule has 0 heterocycles. The summed E-state index contributed by atoms with van der Waals surface area (Å²) in [5.74, 6) is 0. The van der Waals surface area contributed by atoms with E-state index in [1.807, 2.05) is 0 Å². The molecular weight excluding hydrogens is 518 g/mol. The highest BCUT2D eigenvalue weighted by atomic mass is 31.1. The van der Waals surface area contributed by atoms with Crippen LogP contribution in [0.25, 0.3) is 0 Å². The lowest BCUT2D eigenvalue weighted by molar-refractivity contribution is 1.36. The van der Waals surface area contributed by atoms with Crippen LogP contribution in [0.5, 0.6) is 0 Å². The molecule has 0 aliphatic heterocycles. The van der Waals surface area contributed by atoms with Gasteiger partial charge in [-0.2, -0.15) is 0 Å². The molecule has 5 aromatic rings. The molecule has 0 amide bonds. The first kappa shape index (κ1) is 28.5. The van der Waals surface area contributed by atoms with Crippen molar-refractivity contribution in [1.29, 1.82) is 0 Å². The third-order valence-corrected chi connectivity index (χ3v) is 14.4. The van der Waals surface area contributed by atoms with Crippen molar-refractivity contribution in [2.75, 3.05) is 0 Å². The molecule has 0 saturated carbocycles. The first-order valence-electron chi connectivity index (χ1n) is 14.1. The predicted molar refractivity (Wildman–Crippen MR) is 182 cm³/mol. The van der Waals surface area contributed by atoms with Crippen LogP contribution in [-0.4, -0.2) is 0 Å². The summed E-state index contributed by atoms with van der Waals surface area (Å²) in [5, 5.41) is 8.82. The van der Waals surface area contributed by atoms with Gasteiger partial charge in [0.1, 0.15) is 0 Å². The maximum atomic E-state index is 2.43. The molecule has 0 unspecified atom stereocenters. The molecule has 40 heavy (non-hydrogen) atoms. The molecule has 0 radical (unpaired) electrons. The maximum Gasteiger partial charge on any atom is -0.00674 e. The Morgan fingerprint density at radius 3 is 0.750 bits per heavy atom. The quantitative estimate of drug-likeness (QED) is 0.188. The van der Waals surface area contributed by atoms with E-state index in [0.717, 1.165) is 0 Å². The fraction of sp³-hybridized carbons (Fsp3) is 0.211. The molecule has 0 spiro atoms. The molecule has 0 atom stereocenters. The molecule has 2 heteroatoms. The molecule has 0 aliphatic carbocycles. The normalized spacial score (nSPS) is 11.4. The minimum Gasteiger partial charge on any atom is -0.0616 e. The van der Waals surface area contributed by atoms with Crippen LogP contribution in [0.4, 0.5) is 0 Å². The van der Waals surface area contributed by atoms with E-state index in [1.165, 1.54) is 76.3 Å². The fourth-order valence-electron chi connectivity index (χ4n) is 5.53. The summed E-state index contributed by atoms with van der Waals surface area (Å²) in [6, 6.07) is 36.9. The monoisotopic (exact) mass is 558 g/mol. The Morgan fingerprint density at radius 2 is 0.500 bits per heavy atom. The van der Waals surface area contributed by atoms with E-state index in [1.54, 1.807) is 0 Å². The van der Waals surface area contributed by atoms with Crippen LogP contribution in [0.2, 0.25) is 0 Å². The zero-order valence-corrected chi connectivity index (χ0v) is 26.9.